The largest absolute Gasteiger partial charge is 0.478 e. The normalized spacial score (nSPS) is 18.0. The molecule has 0 spiro atoms. The van der Waals surface area contributed by atoms with E-state index in [1.165, 1.54) is 11.0 Å². The average molecular weight is 276 g/mol. The van der Waals surface area contributed by atoms with Crippen molar-refractivity contribution < 1.29 is 19.5 Å². The van der Waals surface area contributed by atoms with Gasteiger partial charge < -0.3 is 15.7 Å². The predicted octanol–water partition coefficient (Wildman–Crippen LogP) is 0.404. The van der Waals surface area contributed by atoms with Crippen LogP contribution in [0.2, 0.25) is 0 Å². The Morgan fingerprint density at radius 3 is 2.65 bits per heavy atom. The molecule has 1 aliphatic rings. The summed E-state index contributed by atoms with van der Waals surface area (Å²) in [5.74, 6) is -1.84. The van der Waals surface area contributed by atoms with Crippen LogP contribution in [-0.4, -0.2) is 40.4 Å². The molecule has 0 bridgehead atoms. The van der Waals surface area contributed by atoms with Crippen LogP contribution in [0.5, 0.6) is 0 Å². The maximum atomic E-state index is 12.2. The Balaban J connectivity index is 2.16. The molecule has 6 nitrogen and oxygen atoms in total. The molecule has 6 heteroatoms. The van der Waals surface area contributed by atoms with Crippen molar-refractivity contribution >= 4 is 17.8 Å². The van der Waals surface area contributed by atoms with Crippen LogP contribution in [0.25, 0.3) is 0 Å². The van der Waals surface area contributed by atoms with Gasteiger partial charge in [0.2, 0.25) is 11.8 Å². The Labute approximate surface area is 116 Å². The van der Waals surface area contributed by atoms with E-state index in [1.54, 1.807) is 18.2 Å². The van der Waals surface area contributed by atoms with E-state index in [9.17, 15) is 14.4 Å². The van der Waals surface area contributed by atoms with Crippen molar-refractivity contribution in [2.75, 3.05) is 6.54 Å². The number of carbonyl (C=O) groups excluding carboxylic acids is 2. The summed E-state index contributed by atoms with van der Waals surface area (Å²) in [4.78, 5) is 36.1. The number of carboxylic acid groups (broad SMARTS) is 1. The van der Waals surface area contributed by atoms with Gasteiger partial charge in [0.1, 0.15) is 6.04 Å². The second kappa shape index (κ2) is 5.73. The van der Waals surface area contributed by atoms with E-state index in [2.05, 4.69) is 0 Å². The van der Waals surface area contributed by atoms with Gasteiger partial charge in [-0.15, -0.1) is 0 Å². The minimum Gasteiger partial charge on any atom is -0.478 e. The first-order valence-corrected chi connectivity index (χ1v) is 6.40. The van der Waals surface area contributed by atoms with E-state index >= 15 is 0 Å². The number of nitrogens with two attached hydrogens (primary N) is 1. The number of benzene rings is 1. The van der Waals surface area contributed by atoms with Gasteiger partial charge in [-0.2, -0.15) is 0 Å². The van der Waals surface area contributed by atoms with Crippen LogP contribution < -0.4 is 5.73 Å². The standard InChI is InChI=1S/C14H16N2O4/c15-13(18)11-6-3-7-16(11)12(17)8-9-4-1-2-5-10(9)14(19)20/h1-2,4-5,11H,3,6-8H2,(H2,15,18)(H,19,20)/t11-/m0/s1. The maximum Gasteiger partial charge on any atom is 0.335 e. The molecule has 0 aliphatic carbocycles. The predicted molar refractivity (Wildman–Crippen MR) is 71.0 cm³/mol. The lowest BCUT2D eigenvalue weighted by atomic mass is 10.0. The molecular formula is C14H16N2O4. The molecule has 1 heterocycles. The molecule has 20 heavy (non-hydrogen) atoms. The highest BCUT2D eigenvalue weighted by molar-refractivity contribution is 5.93. The van der Waals surface area contributed by atoms with Gasteiger partial charge in [-0.3, -0.25) is 9.59 Å². The van der Waals surface area contributed by atoms with Gasteiger partial charge in [-0.1, -0.05) is 18.2 Å². The smallest absolute Gasteiger partial charge is 0.335 e. The van der Waals surface area contributed by atoms with Gasteiger partial charge >= 0.3 is 5.97 Å². The van der Waals surface area contributed by atoms with Crippen LogP contribution in [-0.2, 0) is 16.0 Å². The van der Waals surface area contributed by atoms with Gasteiger partial charge in [0.05, 0.1) is 12.0 Å². The Morgan fingerprint density at radius 2 is 2.00 bits per heavy atom. The van der Waals surface area contributed by atoms with E-state index in [0.717, 1.165) is 6.42 Å². The molecule has 0 unspecified atom stereocenters. The number of aromatic carboxylic acids is 1. The SMILES string of the molecule is NC(=O)[C@@H]1CCCN1C(=O)Cc1ccccc1C(=O)O. The zero-order valence-corrected chi connectivity index (χ0v) is 10.9. The summed E-state index contributed by atoms with van der Waals surface area (Å²) in [6.07, 6.45) is 1.27. The third-order valence-electron chi connectivity index (χ3n) is 3.49. The zero-order valence-electron chi connectivity index (χ0n) is 10.9. The Morgan fingerprint density at radius 1 is 1.30 bits per heavy atom. The first-order valence-electron chi connectivity index (χ1n) is 6.40. The Bertz CT molecular complexity index is 556. The Hall–Kier alpha value is -2.37. The van der Waals surface area contributed by atoms with E-state index in [0.29, 0.717) is 18.5 Å². The molecule has 0 aromatic heterocycles. The highest BCUT2D eigenvalue weighted by Crippen LogP contribution is 2.19. The van der Waals surface area contributed by atoms with E-state index in [4.69, 9.17) is 10.8 Å². The van der Waals surface area contributed by atoms with Crippen LogP contribution in [0.1, 0.15) is 28.8 Å². The summed E-state index contributed by atoms with van der Waals surface area (Å²) < 4.78 is 0. The van der Waals surface area contributed by atoms with E-state index in [-0.39, 0.29) is 17.9 Å². The monoisotopic (exact) mass is 276 g/mol. The number of hydrogen-bond acceptors (Lipinski definition) is 3. The molecule has 2 amide bonds. The van der Waals surface area contributed by atoms with Gasteiger partial charge in [-0.25, -0.2) is 4.79 Å². The van der Waals surface area contributed by atoms with Gasteiger partial charge in [0.25, 0.3) is 0 Å². The fourth-order valence-corrected chi connectivity index (χ4v) is 2.51. The van der Waals surface area contributed by atoms with Gasteiger partial charge in [0.15, 0.2) is 0 Å². The highest BCUT2D eigenvalue weighted by Gasteiger charge is 2.32. The number of rotatable bonds is 4. The lowest BCUT2D eigenvalue weighted by Crippen LogP contribution is -2.44. The first kappa shape index (κ1) is 14.0. The number of amides is 2. The first-order chi connectivity index (χ1) is 9.50. The molecule has 1 aromatic carbocycles. The summed E-state index contributed by atoms with van der Waals surface area (Å²) in [5, 5.41) is 9.09. The Kier molecular flexibility index (Phi) is 4.02. The minimum atomic E-state index is -1.07. The molecule has 0 radical (unpaired) electrons. The quantitative estimate of drug-likeness (QED) is 0.831. The van der Waals surface area contributed by atoms with Crippen LogP contribution in [0.4, 0.5) is 0 Å². The highest BCUT2D eigenvalue weighted by atomic mass is 16.4. The van der Waals surface area contributed by atoms with E-state index in [1.807, 2.05) is 0 Å². The number of carbonyl (C=O) groups is 3. The summed E-state index contributed by atoms with van der Waals surface area (Å²) in [6, 6.07) is 5.79. The number of carboxylic acids is 1. The molecule has 1 fully saturated rings. The van der Waals surface area contributed by atoms with Gasteiger partial charge in [-0.05, 0) is 24.5 Å². The minimum absolute atomic E-state index is 0.0355. The molecule has 1 aromatic rings. The number of likely N-dealkylation sites (tertiary alicyclic amines) is 1. The molecule has 2 rings (SSSR count). The summed E-state index contributed by atoms with van der Waals surface area (Å²) in [7, 11) is 0. The molecule has 1 aliphatic heterocycles. The van der Waals surface area contributed by atoms with Gasteiger partial charge in [0, 0.05) is 6.54 Å². The van der Waals surface area contributed by atoms with Crippen molar-refractivity contribution in [2.45, 2.75) is 25.3 Å². The molecule has 106 valence electrons. The second-order valence-electron chi connectivity index (χ2n) is 4.79. The lowest BCUT2D eigenvalue weighted by Gasteiger charge is -2.22. The molecular weight excluding hydrogens is 260 g/mol. The van der Waals surface area contributed by atoms with Crippen LogP contribution in [0, 0.1) is 0 Å². The third-order valence-corrected chi connectivity index (χ3v) is 3.49. The number of primary amides is 1. The van der Waals surface area contributed by atoms with Crippen molar-refractivity contribution in [3.05, 3.63) is 35.4 Å². The lowest BCUT2D eigenvalue weighted by molar-refractivity contribution is -0.136. The number of nitrogens with zero attached hydrogens (tertiary/aromatic N) is 1. The fraction of sp³-hybridized carbons (Fsp3) is 0.357. The summed E-state index contributed by atoms with van der Waals surface area (Å²) in [6.45, 7) is 0.488. The van der Waals surface area contributed by atoms with Crippen molar-refractivity contribution in [1.29, 1.82) is 0 Å². The van der Waals surface area contributed by atoms with Crippen molar-refractivity contribution in [3.8, 4) is 0 Å². The molecule has 1 atom stereocenters. The second-order valence-corrected chi connectivity index (χ2v) is 4.79. The summed E-state index contributed by atoms with van der Waals surface area (Å²) in [5.41, 5.74) is 5.82. The molecule has 0 saturated carbocycles. The number of hydrogen-bond donors (Lipinski definition) is 2. The topological polar surface area (TPSA) is 101 Å². The van der Waals surface area contributed by atoms with Crippen LogP contribution >= 0.6 is 0 Å². The molecule has 1 saturated heterocycles. The van der Waals surface area contributed by atoms with Crippen molar-refractivity contribution in [1.82, 2.24) is 4.90 Å². The zero-order chi connectivity index (χ0) is 14.7. The van der Waals surface area contributed by atoms with E-state index < -0.39 is 17.9 Å². The van der Waals surface area contributed by atoms with Crippen molar-refractivity contribution in [3.63, 3.8) is 0 Å². The third kappa shape index (κ3) is 2.79. The van der Waals surface area contributed by atoms with Crippen LogP contribution in [0.15, 0.2) is 24.3 Å². The van der Waals surface area contributed by atoms with Crippen LogP contribution in [0.3, 0.4) is 0 Å². The summed E-state index contributed by atoms with van der Waals surface area (Å²) >= 11 is 0. The molecule has 3 N–H and O–H groups in total. The van der Waals surface area contributed by atoms with Crippen molar-refractivity contribution in [2.24, 2.45) is 5.73 Å². The maximum absolute atomic E-state index is 12.2. The average Bonchev–Trinajstić information content (AvgIpc) is 2.88. The fourth-order valence-electron chi connectivity index (χ4n) is 2.51.